The lowest BCUT2D eigenvalue weighted by Crippen LogP contribution is -2.41. The van der Waals surface area contributed by atoms with Crippen molar-refractivity contribution >= 4 is 29.4 Å². The Labute approximate surface area is 171 Å². The maximum absolute atomic E-state index is 12.6. The van der Waals surface area contributed by atoms with Crippen LogP contribution in [0.4, 0.5) is 0 Å². The lowest BCUT2D eigenvalue weighted by molar-refractivity contribution is -0.134. The van der Waals surface area contributed by atoms with Gasteiger partial charge in [0.1, 0.15) is 0 Å². The molecule has 2 aliphatic rings. The minimum atomic E-state index is -0.514. The number of hydrogen-bond acceptors (Lipinski definition) is 5. The van der Waals surface area contributed by atoms with Gasteiger partial charge in [0.15, 0.2) is 17.3 Å². The number of allylic oxidation sites excluding steroid dienone is 3. The standard InChI is InChI=1S/C24H28O5/c1-13(2)18-10-16-8-9-24(7)19(11-17(27)12-23(24,5)6)20(16)22(29-15(4)26)21(18)28-14(3)25/h8-11,13H,12H2,1-7H3/t24-/m0/s1. The predicted molar refractivity (Wildman–Crippen MR) is 112 cm³/mol. The molecule has 5 heteroatoms. The molecule has 2 aliphatic carbocycles. The lowest BCUT2D eigenvalue weighted by Gasteiger charge is -2.48. The van der Waals surface area contributed by atoms with Gasteiger partial charge in [-0.2, -0.15) is 0 Å². The van der Waals surface area contributed by atoms with Crippen LogP contribution in [0.5, 0.6) is 11.5 Å². The fourth-order valence-electron chi connectivity index (χ4n) is 4.26. The third-order valence-electron chi connectivity index (χ3n) is 6.16. The van der Waals surface area contributed by atoms with E-state index in [1.807, 2.05) is 26.0 Å². The van der Waals surface area contributed by atoms with E-state index in [0.29, 0.717) is 12.0 Å². The quantitative estimate of drug-likeness (QED) is 0.527. The first kappa shape index (κ1) is 21.0. The van der Waals surface area contributed by atoms with E-state index in [0.717, 1.165) is 16.7 Å². The molecule has 1 atom stereocenters. The van der Waals surface area contributed by atoms with Crippen molar-refractivity contribution in [3.8, 4) is 11.5 Å². The van der Waals surface area contributed by atoms with Gasteiger partial charge < -0.3 is 9.47 Å². The smallest absolute Gasteiger partial charge is 0.308 e. The molecule has 3 rings (SSSR count). The zero-order valence-corrected chi connectivity index (χ0v) is 18.1. The van der Waals surface area contributed by atoms with E-state index in [1.165, 1.54) is 13.8 Å². The highest BCUT2D eigenvalue weighted by Gasteiger charge is 2.49. The summed E-state index contributed by atoms with van der Waals surface area (Å²) in [5, 5.41) is 0. The molecule has 0 aromatic heterocycles. The average molecular weight is 396 g/mol. The van der Waals surface area contributed by atoms with Gasteiger partial charge in [-0.15, -0.1) is 0 Å². The second kappa shape index (κ2) is 6.97. The molecule has 0 spiro atoms. The molecule has 0 saturated heterocycles. The molecule has 0 aliphatic heterocycles. The van der Waals surface area contributed by atoms with Crippen LogP contribution in [0.25, 0.3) is 11.6 Å². The second-order valence-corrected chi connectivity index (χ2v) is 9.05. The van der Waals surface area contributed by atoms with Crippen LogP contribution >= 0.6 is 0 Å². The topological polar surface area (TPSA) is 69.7 Å². The number of benzene rings is 1. The minimum Gasteiger partial charge on any atom is -0.422 e. The Morgan fingerprint density at radius 3 is 2.17 bits per heavy atom. The summed E-state index contributed by atoms with van der Waals surface area (Å²) in [5.41, 5.74) is 2.28. The van der Waals surface area contributed by atoms with Crippen molar-refractivity contribution < 1.29 is 23.9 Å². The van der Waals surface area contributed by atoms with Gasteiger partial charge in [-0.1, -0.05) is 46.8 Å². The van der Waals surface area contributed by atoms with E-state index in [9.17, 15) is 14.4 Å². The summed E-state index contributed by atoms with van der Waals surface area (Å²) < 4.78 is 11.2. The predicted octanol–water partition coefficient (Wildman–Crippen LogP) is 5.08. The van der Waals surface area contributed by atoms with E-state index in [1.54, 1.807) is 6.08 Å². The van der Waals surface area contributed by atoms with Gasteiger partial charge >= 0.3 is 11.9 Å². The van der Waals surface area contributed by atoms with Gasteiger partial charge in [-0.25, -0.2) is 0 Å². The summed E-state index contributed by atoms with van der Waals surface area (Å²) in [6.45, 7) is 12.8. The second-order valence-electron chi connectivity index (χ2n) is 9.05. The largest absolute Gasteiger partial charge is 0.422 e. The van der Waals surface area contributed by atoms with Crippen LogP contribution in [0.3, 0.4) is 0 Å². The summed E-state index contributed by atoms with van der Waals surface area (Å²) in [6, 6.07) is 1.95. The van der Waals surface area contributed by atoms with Crippen molar-refractivity contribution in [3.63, 3.8) is 0 Å². The number of esters is 2. The highest BCUT2D eigenvalue weighted by atomic mass is 16.6. The summed E-state index contributed by atoms with van der Waals surface area (Å²) >= 11 is 0. The Morgan fingerprint density at radius 2 is 1.62 bits per heavy atom. The Bertz CT molecular complexity index is 977. The molecule has 0 heterocycles. The van der Waals surface area contributed by atoms with Gasteiger partial charge in [0.2, 0.25) is 0 Å². The molecule has 29 heavy (non-hydrogen) atoms. The number of fused-ring (bicyclic) bond motifs is 3. The monoisotopic (exact) mass is 396 g/mol. The van der Waals surface area contributed by atoms with E-state index in [-0.39, 0.29) is 28.6 Å². The van der Waals surface area contributed by atoms with E-state index in [4.69, 9.17) is 9.47 Å². The molecule has 0 amide bonds. The number of ketones is 1. The van der Waals surface area contributed by atoms with Crippen molar-refractivity contribution in [3.05, 3.63) is 34.9 Å². The van der Waals surface area contributed by atoms with E-state index >= 15 is 0 Å². The fourth-order valence-corrected chi connectivity index (χ4v) is 4.26. The van der Waals surface area contributed by atoms with E-state index in [2.05, 4.69) is 26.8 Å². The third kappa shape index (κ3) is 3.43. The first-order valence-electron chi connectivity index (χ1n) is 9.89. The molecule has 0 radical (unpaired) electrons. The Hall–Kier alpha value is -2.69. The molecular formula is C24H28O5. The molecule has 1 aromatic rings. The normalized spacial score (nSPS) is 21.9. The lowest BCUT2D eigenvalue weighted by atomic mass is 9.54. The number of carbonyl (C=O) groups excluding carboxylic acids is 3. The summed E-state index contributed by atoms with van der Waals surface area (Å²) in [5.74, 6) is -0.497. The van der Waals surface area contributed by atoms with Gasteiger partial charge in [0.25, 0.3) is 0 Å². The van der Waals surface area contributed by atoms with Crippen LogP contribution in [0, 0.1) is 10.8 Å². The van der Waals surface area contributed by atoms with Crippen molar-refractivity contribution in [2.45, 2.75) is 60.8 Å². The van der Waals surface area contributed by atoms with Crippen LogP contribution in [-0.2, 0) is 14.4 Å². The molecule has 0 saturated carbocycles. The molecule has 5 nitrogen and oxygen atoms in total. The maximum Gasteiger partial charge on any atom is 0.308 e. The Morgan fingerprint density at radius 1 is 1.03 bits per heavy atom. The Kier molecular flexibility index (Phi) is 5.06. The first-order chi connectivity index (χ1) is 13.4. The number of hydrogen-bond donors (Lipinski definition) is 0. The Balaban J connectivity index is 2.42. The molecule has 1 aromatic carbocycles. The van der Waals surface area contributed by atoms with Crippen LogP contribution in [-0.4, -0.2) is 17.7 Å². The first-order valence-corrected chi connectivity index (χ1v) is 9.89. The zero-order chi connectivity index (χ0) is 21.7. The summed E-state index contributed by atoms with van der Waals surface area (Å²) in [4.78, 5) is 36.4. The van der Waals surface area contributed by atoms with E-state index < -0.39 is 17.4 Å². The van der Waals surface area contributed by atoms with Gasteiger partial charge in [0.05, 0.1) is 0 Å². The SMILES string of the molecule is CC(=O)Oc1c(C(C)C)cc2c(c1OC(C)=O)C1=CC(=O)CC(C)(C)[C@@]1(C)C=C2. The highest BCUT2D eigenvalue weighted by Crippen LogP contribution is 2.60. The van der Waals surface area contributed by atoms with Gasteiger partial charge in [-0.05, 0) is 34.6 Å². The maximum atomic E-state index is 12.6. The molecular weight excluding hydrogens is 368 g/mol. The number of carbonyl (C=O) groups is 3. The van der Waals surface area contributed by atoms with Crippen molar-refractivity contribution in [2.75, 3.05) is 0 Å². The molecule has 0 bridgehead atoms. The minimum absolute atomic E-state index is 0.0273. The summed E-state index contributed by atoms with van der Waals surface area (Å²) in [7, 11) is 0. The highest BCUT2D eigenvalue weighted by molar-refractivity contribution is 6.04. The third-order valence-corrected chi connectivity index (χ3v) is 6.16. The zero-order valence-electron chi connectivity index (χ0n) is 18.1. The molecule has 154 valence electrons. The molecule has 0 N–H and O–H groups in total. The molecule has 0 unspecified atom stereocenters. The summed E-state index contributed by atoms with van der Waals surface area (Å²) in [6.07, 6.45) is 6.21. The van der Waals surface area contributed by atoms with Crippen molar-refractivity contribution in [2.24, 2.45) is 10.8 Å². The van der Waals surface area contributed by atoms with Crippen LogP contribution in [0.15, 0.2) is 18.2 Å². The van der Waals surface area contributed by atoms with Crippen molar-refractivity contribution in [1.29, 1.82) is 0 Å². The van der Waals surface area contributed by atoms with Crippen molar-refractivity contribution in [1.82, 2.24) is 0 Å². The van der Waals surface area contributed by atoms with Crippen LogP contribution in [0.2, 0.25) is 0 Å². The molecule has 0 fully saturated rings. The average Bonchev–Trinajstić information content (AvgIpc) is 2.56. The number of ether oxygens (including phenoxy) is 2. The van der Waals surface area contributed by atoms with Gasteiger partial charge in [-0.3, -0.25) is 14.4 Å². The number of rotatable bonds is 3. The van der Waals surface area contributed by atoms with Gasteiger partial charge in [0, 0.05) is 36.8 Å². The van der Waals surface area contributed by atoms with Crippen LogP contribution in [0.1, 0.15) is 77.5 Å². The fraction of sp³-hybridized carbons (Fsp3) is 0.458. The van der Waals surface area contributed by atoms with Crippen LogP contribution < -0.4 is 9.47 Å².